The molecule has 0 N–H and O–H groups in total. The smallest absolute Gasteiger partial charge is 0.212 e. The summed E-state index contributed by atoms with van der Waals surface area (Å²) in [5.41, 5.74) is 1.23. The van der Waals surface area contributed by atoms with E-state index in [0.29, 0.717) is 0 Å². The van der Waals surface area contributed by atoms with Gasteiger partial charge in [0.1, 0.15) is 0 Å². The van der Waals surface area contributed by atoms with Crippen LogP contribution in [0.5, 0.6) is 0 Å². The number of nitrogens with zero attached hydrogens (tertiary/aromatic N) is 1. The highest BCUT2D eigenvalue weighted by atomic mass is 79.9. The fourth-order valence-electron chi connectivity index (χ4n) is 1.55. The maximum atomic E-state index is 3.75. The Hall–Kier alpha value is -0.670. The molecule has 1 aromatic carbocycles. The van der Waals surface area contributed by atoms with Crippen LogP contribution in [0.3, 0.4) is 0 Å². The first-order chi connectivity index (χ1) is 6.81. The van der Waals surface area contributed by atoms with Gasteiger partial charge in [0.2, 0.25) is 5.52 Å². The van der Waals surface area contributed by atoms with Crippen LogP contribution in [0.2, 0.25) is 0 Å². The number of fused-ring (bicyclic) bond motifs is 1. The van der Waals surface area contributed by atoms with Crippen molar-refractivity contribution in [2.75, 3.05) is 0 Å². The van der Waals surface area contributed by atoms with E-state index in [4.69, 9.17) is 0 Å². The Morgan fingerprint density at radius 1 is 1.33 bits per heavy atom. The molecule has 1 aromatic heterocycles. The number of allylic oxidation sites excluding steroid dienone is 1. The molecule has 0 bridgehead atoms. The van der Waals surface area contributed by atoms with Crippen molar-refractivity contribution in [2.45, 2.75) is 6.54 Å². The van der Waals surface area contributed by atoms with Gasteiger partial charge in [0.15, 0.2) is 12.7 Å². The Balaban J connectivity index is 0.00000112. The molecule has 1 nitrogen and oxygen atoms in total. The third kappa shape index (κ3) is 2.67. The zero-order chi connectivity index (χ0) is 9.97. The molecule has 2 aromatic rings. The summed E-state index contributed by atoms with van der Waals surface area (Å²) in [7, 11) is 0. The van der Waals surface area contributed by atoms with Crippen LogP contribution in [0.25, 0.3) is 10.9 Å². The third-order valence-corrected chi connectivity index (χ3v) is 2.66. The highest BCUT2D eigenvalue weighted by Crippen LogP contribution is 2.16. The predicted octanol–water partition coefficient (Wildman–Crippen LogP) is 0.0798. The number of aromatic nitrogens is 1. The Morgan fingerprint density at radius 2 is 2.13 bits per heavy atom. The molecular formula is C12H11Br2N. The predicted molar refractivity (Wildman–Crippen MR) is 62.0 cm³/mol. The van der Waals surface area contributed by atoms with Gasteiger partial charge in [0.25, 0.3) is 0 Å². The zero-order valence-corrected chi connectivity index (χ0v) is 11.3. The number of pyridine rings is 1. The van der Waals surface area contributed by atoms with Crippen LogP contribution in [0, 0.1) is 0 Å². The molecule has 3 heteroatoms. The minimum absolute atomic E-state index is 0. The first-order valence-corrected chi connectivity index (χ1v) is 5.29. The van der Waals surface area contributed by atoms with Gasteiger partial charge in [-0.3, -0.25) is 0 Å². The molecule has 78 valence electrons. The molecule has 0 aliphatic carbocycles. The monoisotopic (exact) mass is 327 g/mol. The SMILES string of the molecule is C=CC[n+]1cccc2cc(Br)ccc21.[Br-]. The molecule has 0 atom stereocenters. The molecule has 0 fully saturated rings. The van der Waals surface area contributed by atoms with Gasteiger partial charge in [-0.2, -0.15) is 4.57 Å². The topological polar surface area (TPSA) is 3.88 Å². The van der Waals surface area contributed by atoms with Crippen LogP contribution in [0.1, 0.15) is 0 Å². The Bertz CT molecular complexity index is 480. The molecule has 0 unspecified atom stereocenters. The molecular weight excluding hydrogens is 318 g/mol. The molecule has 15 heavy (non-hydrogen) atoms. The van der Waals surface area contributed by atoms with Gasteiger partial charge in [0, 0.05) is 22.0 Å². The normalized spacial score (nSPS) is 9.67. The Labute approximate surface area is 108 Å². The van der Waals surface area contributed by atoms with E-state index in [1.54, 1.807) is 0 Å². The van der Waals surface area contributed by atoms with E-state index >= 15 is 0 Å². The van der Waals surface area contributed by atoms with E-state index in [-0.39, 0.29) is 17.0 Å². The third-order valence-electron chi connectivity index (χ3n) is 2.17. The molecule has 2 rings (SSSR count). The lowest BCUT2D eigenvalue weighted by atomic mass is 10.2. The zero-order valence-electron chi connectivity index (χ0n) is 8.16. The summed E-state index contributed by atoms with van der Waals surface area (Å²) in [4.78, 5) is 0. The van der Waals surface area contributed by atoms with Crippen molar-refractivity contribution in [1.82, 2.24) is 0 Å². The number of hydrogen-bond acceptors (Lipinski definition) is 0. The standard InChI is InChI=1S/C12H11BrN.BrH/c1-2-7-14-8-3-4-10-9-11(13)5-6-12(10)14;/h2-6,8-9H,1,7H2;1H/q+1;/p-1. The molecule has 0 radical (unpaired) electrons. The van der Waals surface area contributed by atoms with Crippen molar-refractivity contribution < 1.29 is 21.5 Å². The van der Waals surface area contributed by atoms with Crippen molar-refractivity contribution in [2.24, 2.45) is 0 Å². The maximum absolute atomic E-state index is 3.75. The van der Waals surface area contributed by atoms with E-state index in [1.807, 2.05) is 6.08 Å². The van der Waals surface area contributed by atoms with E-state index in [9.17, 15) is 0 Å². The minimum Gasteiger partial charge on any atom is -1.00 e. The van der Waals surface area contributed by atoms with Gasteiger partial charge in [-0.05, 0) is 24.3 Å². The number of rotatable bonds is 2. The van der Waals surface area contributed by atoms with Gasteiger partial charge >= 0.3 is 0 Å². The van der Waals surface area contributed by atoms with E-state index < -0.39 is 0 Å². The minimum atomic E-state index is 0. The van der Waals surface area contributed by atoms with E-state index in [0.717, 1.165) is 11.0 Å². The van der Waals surface area contributed by atoms with Crippen LogP contribution >= 0.6 is 15.9 Å². The highest BCUT2D eigenvalue weighted by molar-refractivity contribution is 9.10. The maximum Gasteiger partial charge on any atom is 0.212 e. The number of benzene rings is 1. The average Bonchev–Trinajstić information content (AvgIpc) is 2.18. The second-order valence-electron chi connectivity index (χ2n) is 3.15. The lowest BCUT2D eigenvalue weighted by Crippen LogP contribution is -3.00. The Kier molecular flexibility index (Phi) is 4.48. The first kappa shape index (κ1) is 12.4. The molecule has 1 heterocycles. The molecule has 0 aliphatic heterocycles. The number of hydrogen-bond donors (Lipinski definition) is 0. The molecule has 0 spiro atoms. The van der Waals surface area contributed by atoms with Crippen molar-refractivity contribution in [3.63, 3.8) is 0 Å². The van der Waals surface area contributed by atoms with Gasteiger partial charge in [-0.15, -0.1) is 0 Å². The van der Waals surface area contributed by atoms with Crippen molar-refractivity contribution in [3.8, 4) is 0 Å². The fraction of sp³-hybridized carbons (Fsp3) is 0.0833. The van der Waals surface area contributed by atoms with Gasteiger partial charge in [0.05, 0.1) is 0 Å². The summed E-state index contributed by atoms with van der Waals surface area (Å²) in [6.07, 6.45) is 3.97. The highest BCUT2D eigenvalue weighted by Gasteiger charge is 2.05. The Morgan fingerprint density at radius 3 is 2.87 bits per heavy atom. The lowest BCUT2D eigenvalue weighted by Gasteiger charge is -1.98. The second kappa shape index (κ2) is 5.42. The molecule has 0 saturated heterocycles. The van der Waals surface area contributed by atoms with Crippen molar-refractivity contribution in [1.29, 1.82) is 0 Å². The lowest BCUT2D eigenvalue weighted by molar-refractivity contribution is -0.660. The first-order valence-electron chi connectivity index (χ1n) is 4.50. The van der Waals surface area contributed by atoms with Crippen molar-refractivity contribution in [3.05, 3.63) is 53.7 Å². The quantitative estimate of drug-likeness (QED) is 0.543. The average molecular weight is 329 g/mol. The summed E-state index contributed by atoms with van der Waals surface area (Å²) in [6.45, 7) is 4.60. The van der Waals surface area contributed by atoms with Crippen molar-refractivity contribution >= 4 is 26.8 Å². The van der Waals surface area contributed by atoms with Crippen LogP contribution in [0.4, 0.5) is 0 Å². The number of halogens is 2. The summed E-state index contributed by atoms with van der Waals surface area (Å²) in [5.74, 6) is 0. The molecule has 0 saturated carbocycles. The fourth-order valence-corrected chi connectivity index (χ4v) is 1.93. The summed E-state index contributed by atoms with van der Waals surface area (Å²) < 4.78 is 3.29. The summed E-state index contributed by atoms with van der Waals surface area (Å²) in [5, 5.41) is 1.24. The molecule has 0 aliphatic rings. The van der Waals surface area contributed by atoms with Crippen LogP contribution in [0.15, 0.2) is 53.7 Å². The van der Waals surface area contributed by atoms with E-state index in [1.165, 1.54) is 10.9 Å². The van der Waals surface area contributed by atoms with Gasteiger partial charge in [-0.1, -0.05) is 22.5 Å². The van der Waals surface area contributed by atoms with Crippen LogP contribution < -0.4 is 21.5 Å². The van der Waals surface area contributed by atoms with Gasteiger partial charge < -0.3 is 17.0 Å². The van der Waals surface area contributed by atoms with Crippen LogP contribution in [-0.2, 0) is 6.54 Å². The van der Waals surface area contributed by atoms with Crippen LogP contribution in [-0.4, -0.2) is 0 Å². The van der Waals surface area contributed by atoms with Gasteiger partial charge in [-0.25, -0.2) is 0 Å². The molecule has 0 amide bonds. The summed E-state index contributed by atoms with van der Waals surface area (Å²) in [6, 6.07) is 10.5. The second-order valence-corrected chi connectivity index (χ2v) is 4.07. The summed E-state index contributed by atoms with van der Waals surface area (Å²) >= 11 is 3.47. The van der Waals surface area contributed by atoms with E-state index in [2.05, 4.69) is 63.6 Å². The largest absolute Gasteiger partial charge is 1.00 e.